The molecule has 2 aromatic carbocycles. The van der Waals surface area contributed by atoms with Gasteiger partial charge in [-0.2, -0.15) is 0 Å². The van der Waals surface area contributed by atoms with E-state index in [2.05, 4.69) is 37.3 Å². The molecular formula is C26H19N5OS. The SMILES string of the molecule is Cn1cc(/C=C2/C(=O)Nc3ccccc32)c2cc(Nc3nccc(-c4cccs4)n3)ccc21. The molecule has 0 bridgehead atoms. The fourth-order valence-corrected chi connectivity index (χ4v) is 4.86. The molecule has 6 rings (SSSR count). The molecule has 1 amide bonds. The lowest BCUT2D eigenvalue weighted by atomic mass is 10.0. The smallest absolute Gasteiger partial charge is 0.256 e. The third-order valence-corrected chi connectivity index (χ3v) is 6.61. The van der Waals surface area contributed by atoms with Crippen LogP contribution in [0.1, 0.15) is 11.1 Å². The molecule has 1 aliphatic rings. The minimum Gasteiger partial charge on any atom is -0.350 e. The van der Waals surface area contributed by atoms with Gasteiger partial charge in [-0.05, 0) is 47.9 Å². The Kier molecular flexibility index (Phi) is 4.55. The molecule has 1 aliphatic heterocycles. The lowest BCUT2D eigenvalue weighted by Crippen LogP contribution is -2.03. The normalized spacial score (nSPS) is 14.0. The van der Waals surface area contributed by atoms with Crippen LogP contribution in [0, 0.1) is 0 Å². The van der Waals surface area contributed by atoms with Gasteiger partial charge in [0, 0.05) is 58.4 Å². The van der Waals surface area contributed by atoms with E-state index in [0.717, 1.165) is 44.0 Å². The first-order valence-electron chi connectivity index (χ1n) is 10.5. The second-order valence-corrected chi connectivity index (χ2v) is 8.80. The van der Waals surface area contributed by atoms with Crippen molar-refractivity contribution in [1.82, 2.24) is 14.5 Å². The number of aryl methyl sites for hydroxylation is 1. The maximum Gasteiger partial charge on any atom is 0.256 e. The summed E-state index contributed by atoms with van der Waals surface area (Å²) in [5, 5.41) is 9.35. The third-order valence-electron chi connectivity index (χ3n) is 5.72. The first-order chi connectivity index (χ1) is 16.2. The van der Waals surface area contributed by atoms with Crippen LogP contribution >= 0.6 is 11.3 Å². The molecule has 5 aromatic rings. The molecule has 7 heteroatoms. The van der Waals surface area contributed by atoms with Gasteiger partial charge in [0.1, 0.15) is 0 Å². The Bertz CT molecular complexity index is 1550. The maximum atomic E-state index is 12.6. The van der Waals surface area contributed by atoms with E-state index in [1.807, 2.05) is 73.2 Å². The molecule has 2 N–H and O–H groups in total. The van der Waals surface area contributed by atoms with Gasteiger partial charge in [-0.3, -0.25) is 4.79 Å². The molecule has 6 nitrogen and oxygen atoms in total. The highest BCUT2D eigenvalue weighted by Gasteiger charge is 2.23. The summed E-state index contributed by atoms with van der Waals surface area (Å²) in [6, 6.07) is 19.9. The molecule has 0 fully saturated rings. The van der Waals surface area contributed by atoms with Gasteiger partial charge in [0.15, 0.2) is 0 Å². The van der Waals surface area contributed by atoms with Crippen molar-refractivity contribution >= 4 is 57.1 Å². The molecule has 0 atom stereocenters. The zero-order chi connectivity index (χ0) is 22.4. The number of fused-ring (bicyclic) bond motifs is 2. The topological polar surface area (TPSA) is 71.8 Å². The number of anilines is 3. The summed E-state index contributed by atoms with van der Waals surface area (Å²) in [7, 11) is 2.01. The van der Waals surface area contributed by atoms with Crippen LogP contribution in [0.5, 0.6) is 0 Å². The van der Waals surface area contributed by atoms with Gasteiger partial charge in [0.05, 0.1) is 10.6 Å². The van der Waals surface area contributed by atoms with Crippen LogP contribution in [-0.4, -0.2) is 20.4 Å². The van der Waals surface area contributed by atoms with Gasteiger partial charge in [0.2, 0.25) is 5.95 Å². The largest absolute Gasteiger partial charge is 0.350 e. The predicted octanol–water partition coefficient (Wildman–Crippen LogP) is 5.93. The number of nitrogens with zero attached hydrogens (tertiary/aromatic N) is 3. The van der Waals surface area contributed by atoms with Crippen molar-refractivity contribution in [3.63, 3.8) is 0 Å². The van der Waals surface area contributed by atoms with Gasteiger partial charge < -0.3 is 15.2 Å². The number of benzene rings is 2. The van der Waals surface area contributed by atoms with Crippen molar-refractivity contribution in [1.29, 1.82) is 0 Å². The quantitative estimate of drug-likeness (QED) is 0.334. The Balaban J connectivity index is 1.38. The van der Waals surface area contributed by atoms with E-state index in [1.54, 1.807) is 17.5 Å². The van der Waals surface area contributed by atoms with Gasteiger partial charge in [-0.1, -0.05) is 24.3 Å². The highest BCUT2D eigenvalue weighted by atomic mass is 32.1. The molecule has 4 heterocycles. The first kappa shape index (κ1) is 19.5. The van der Waals surface area contributed by atoms with Crippen LogP contribution < -0.4 is 10.6 Å². The van der Waals surface area contributed by atoms with E-state index in [-0.39, 0.29) is 5.91 Å². The van der Waals surface area contributed by atoms with Crippen molar-refractivity contribution < 1.29 is 4.79 Å². The molecule has 0 saturated heterocycles. The Morgan fingerprint density at radius 3 is 2.88 bits per heavy atom. The molecule has 0 aliphatic carbocycles. The number of aromatic nitrogens is 3. The zero-order valence-corrected chi connectivity index (χ0v) is 18.6. The number of rotatable bonds is 4. The van der Waals surface area contributed by atoms with Gasteiger partial charge in [-0.25, -0.2) is 9.97 Å². The van der Waals surface area contributed by atoms with E-state index in [9.17, 15) is 4.79 Å². The van der Waals surface area contributed by atoms with Crippen LogP contribution in [0.2, 0.25) is 0 Å². The summed E-state index contributed by atoms with van der Waals surface area (Å²) in [6.45, 7) is 0. The minimum absolute atomic E-state index is 0.0822. The Morgan fingerprint density at radius 1 is 1.09 bits per heavy atom. The molecule has 160 valence electrons. The van der Waals surface area contributed by atoms with Crippen molar-refractivity contribution in [2.24, 2.45) is 7.05 Å². The Hall–Kier alpha value is -4.23. The summed E-state index contributed by atoms with van der Waals surface area (Å²) in [5.41, 5.74) is 6.27. The van der Waals surface area contributed by atoms with Crippen molar-refractivity contribution in [2.75, 3.05) is 10.6 Å². The summed E-state index contributed by atoms with van der Waals surface area (Å²) < 4.78 is 2.07. The minimum atomic E-state index is -0.0822. The standard InChI is InChI=1S/C26H19N5OS/c1-31-15-16(13-20-18-5-2-3-6-21(18)29-25(20)32)19-14-17(8-9-23(19)31)28-26-27-11-10-22(30-26)24-7-4-12-33-24/h2-15H,1H3,(H,29,32)(H,27,28,30)/b20-13+. The highest BCUT2D eigenvalue weighted by molar-refractivity contribution is 7.13. The zero-order valence-electron chi connectivity index (χ0n) is 17.7. The van der Waals surface area contributed by atoms with Crippen molar-refractivity contribution in [3.05, 3.63) is 89.6 Å². The molecule has 0 unspecified atom stereocenters. The number of hydrogen-bond acceptors (Lipinski definition) is 5. The average Bonchev–Trinajstić information content (AvgIpc) is 3.54. The molecule has 0 saturated carbocycles. The Labute approximate surface area is 194 Å². The molecule has 0 radical (unpaired) electrons. The van der Waals surface area contributed by atoms with Crippen molar-refractivity contribution in [3.8, 4) is 10.6 Å². The molecular weight excluding hydrogens is 430 g/mol. The number of hydrogen-bond donors (Lipinski definition) is 2. The van der Waals surface area contributed by atoms with Crippen LogP contribution in [0.4, 0.5) is 17.3 Å². The van der Waals surface area contributed by atoms with E-state index < -0.39 is 0 Å². The lowest BCUT2D eigenvalue weighted by molar-refractivity contribution is -0.110. The van der Waals surface area contributed by atoms with Crippen LogP contribution in [0.15, 0.2) is 78.4 Å². The fraction of sp³-hybridized carbons (Fsp3) is 0.0385. The van der Waals surface area contributed by atoms with E-state index in [1.165, 1.54) is 0 Å². The second-order valence-electron chi connectivity index (χ2n) is 7.85. The fourth-order valence-electron chi connectivity index (χ4n) is 4.16. The summed E-state index contributed by atoms with van der Waals surface area (Å²) in [6.07, 6.45) is 5.77. The van der Waals surface area contributed by atoms with E-state index in [4.69, 9.17) is 0 Å². The summed E-state index contributed by atoms with van der Waals surface area (Å²) in [5.74, 6) is 0.460. The Morgan fingerprint density at radius 2 is 2.00 bits per heavy atom. The van der Waals surface area contributed by atoms with E-state index >= 15 is 0 Å². The van der Waals surface area contributed by atoms with Crippen molar-refractivity contribution in [2.45, 2.75) is 0 Å². The number of thiophene rings is 1. The predicted molar refractivity (Wildman–Crippen MR) is 134 cm³/mol. The number of amides is 1. The number of para-hydroxylation sites is 1. The lowest BCUT2D eigenvalue weighted by Gasteiger charge is -2.07. The molecule has 0 spiro atoms. The highest BCUT2D eigenvalue weighted by Crippen LogP contribution is 2.35. The van der Waals surface area contributed by atoms with Gasteiger partial charge >= 0.3 is 0 Å². The number of carbonyl (C=O) groups excluding carboxylic acids is 1. The average molecular weight is 450 g/mol. The maximum absolute atomic E-state index is 12.6. The third kappa shape index (κ3) is 3.48. The number of nitrogens with one attached hydrogen (secondary N) is 2. The summed E-state index contributed by atoms with van der Waals surface area (Å²) >= 11 is 1.65. The number of carbonyl (C=O) groups is 1. The van der Waals surface area contributed by atoms with Gasteiger partial charge in [-0.15, -0.1) is 11.3 Å². The monoisotopic (exact) mass is 449 g/mol. The van der Waals surface area contributed by atoms with Crippen LogP contribution in [0.3, 0.4) is 0 Å². The molecule has 33 heavy (non-hydrogen) atoms. The van der Waals surface area contributed by atoms with Crippen LogP contribution in [0.25, 0.3) is 33.1 Å². The van der Waals surface area contributed by atoms with Gasteiger partial charge in [0.25, 0.3) is 5.91 Å². The molecule has 3 aromatic heterocycles. The second kappa shape index (κ2) is 7.72. The van der Waals surface area contributed by atoms with Crippen LogP contribution in [-0.2, 0) is 11.8 Å². The van der Waals surface area contributed by atoms with E-state index in [0.29, 0.717) is 11.5 Å². The first-order valence-corrected chi connectivity index (χ1v) is 11.4. The summed E-state index contributed by atoms with van der Waals surface area (Å²) in [4.78, 5) is 22.7.